The van der Waals surface area contributed by atoms with Gasteiger partial charge in [0.15, 0.2) is 0 Å². The van der Waals surface area contributed by atoms with E-state index >= 15 is 0 Å². The SMILES string of the molecule is CNC(C)C(NC)c1ccccc1. The van der Waals surface area contributed by atoms with Crippen molar-refractivity contribution in [1.29, 1.82) is 0 Å². The monoisotopic (exact) mass is 178 g/mol. The summed E-state index contributed by atoms with van der Waals surface area (Å²) in [5.74, 6) is 0. The Kier molecular flexibility index (Phi) is 3.93. The average molecular weight is 178 g/mol. The smallest absolute Gasteiger partial charge is 0.0470 e. The number of hydrogen-bond donors (Lipinski definition) is 2. The number of hydrogen-bond acceptors (Lipinski definition) is 2. The minimum absolute atomic E-state index is 0.381. The zero-order valence-corrected chi connectivity index (χ0v) is 8.54. The van der Waals surface area contributed by atoms with Gasteiger partial charge in [-0.3, -0.25) is 0 Å². The van der Waals surface area contributed by atoms with Crippen LogP contribution in [0.5, 0.6) is 0 Å². The first-order valence-corrected chi connectivity index (χ1v) is 4.69. The van der Waals surface area contributed by atoms with Crippen molar-refractivity contribution in [2.75, 3.05) is 14.1 Å². The van der Waals surface area contributed by atoms with E-state index < -0.39 is 0 Å². The minimum Gasteiger partial charge on any atom is -0.315 e. The largest absolute Gasteiger partial charge is 0.315 e. The topological polar surface area (TPSA) is 24.1 Å². The highest BCUT2D eigenvalue weighted by Gasteiger charge is 2.14. The van der Waals surface area contributed by atoms with Gasteiger partial charge in [0, 0.05) is 12.1 Å². The quantitative estimate of drug-likeness (QED) is 0.731. The molecule has 2 N–H and O–H groups in total. The molecule has 0 spiro atoms. The number of benzene rings is 1. The third-order valence-electron chi connectivity index (χ3n) is 2.43. The summed E-state index contributed by atoms with van der Waals surface area (Å²) in [6, 6.07) is 11.3. The normalized spacial score (nSPS) is 15.3. The molecule has 0 radical (unpaired) electrons. The fraction of sp³-hybridized carbons (Fsp3) is 0.455. The summed E-state index contributed by atoms with van der Waals surface area (Å²) in [5.41, 5.74) is 1.33. The van der Waals surface area contributed by atoms with Crippen LogP contribution in [0.25, 0.3) is 0 Å². The lowest BCUT2D eigenvalue weighted by Gasteiger charge is -2.23. The number of likely N-dealkylation sites (N-methyl/N-ethyl adjacent to an activating group) is 2. The maximum atomic E-state index is 3.31. The van der Waals surface area contributed by atoms with Crippen LogP contribution < -0.4 is 10.6 Å². The van der Waals surface area contributed by atoms with E-state index in [9.17, 15) is 0 Å². The minimum atomic E-state index is 0.381. The first-order valence-electron chi connectivity index (χ1n) is 4.69. The second kappa shape index (κ2) is 5.00. The van der Waals surface area contributed by atoms with Crippen LogP contribution in [-0.2, 0) is 0 Å². The summed E-state index contributed by atoms with van der Waals surface area (Å²) >= 11 is 0. The molecule has 0 saturated heterocycles. The lowest BCUT2D eigenvalue weighted by molar-refractivity contribution is 0.446. The van der Waals surface area contributed by atoms with E-state index in [1.165, 1.54) is 5.56 Å². The van der Waals surface area contributed by atoms with E-state index in [0.717, 1.165) is 0 Å². The highest BCUT2D eigenvalue weighted by atomic mass is 15.0. The van der Waals surface area contributed by atoms with Crippen LogP contribution in [0.4, 0.5) is 0 Å². The van der Waals surface area contributed by atoms with Crippen LogP contribution in [0.1, 0.15) is 18.5 Å². The van der Waals surface area contributed by atoms with Crippen LogP contribution in [0, 0.1) is 0 Å². The first-order chi connectivity index (χ1) is 6.29. The summed E-state index contributed by atoms with van der Waals surface area (Å²) in [7, 11) is 3.98. The maximum absolute atomic E-state index is 3.31. The summed E-state index contributed by atoms with van der Waals surface area (Å²) in [4.78, 5) is 0. The standard InChI is InChI=1S/C11H18N2/c1-9(12-2)11(13-3)10-7-5-4-6-8-10/h4-9,11-13H,1-3H3. The second-order valence-corrected chi connectivity index (χ2v) is 3.25. The van der Waals surface area contributed by atoms with E-state index in [2.05, 4.69) is 41.8 Å². The molecule has 1 aromatic rings. The Labute approximate surface area is 80.4 Å². The molecule has 0 aliphatic heterocycles. The first kappa shape index (κ1) is 10.2. The van der Waals surface area contributed by atoms with Gasteiger partial charge in [-0.15, -0.1) is 0 Å². The molecule has 13 heavy (non-hydrogen) atoms. The van der Waals surface area contributed by atoms with Crippen molar-refractivity contribution in [2.45, 2.75) is 19.0 Å². The highest BCUT2D eigenvalue weighted by molar-refractivity contribution is 5.20. The van der Waals surface area contributed by atoms with Gasteiger partial charge in [-0.2, -0.15) is 0 Å². The van der Waals surface area contributed by atoms with Gasteiger partial charge in [-0.05, 0) is 26.6 Å². The lowest BCUT2D eigenvalue weighted by atomic mass is 10.0. The molecule has 72 valence electrons. The van der Waals surface area contributed by atoms with Gasteiger partial charge in [0.2, 0.25) is 0 Å². The Morgan fingerprint density at radius 1 is 1.00 bits per heavy atom. The second-order valence-electron chi connectivity index (χ2n) is 3.25. The average Bonchev–Trinajstić information content (AvgIpc) is 2.20. The zero-order valence-electron chi connectivity index (χ0n) is 8.54. The van der Waals surface area contributed by atoms with Crippen molar-refractivity contribution in [3.8, 4) is 0 Å². The molecule has 2 nitrogen and oxygen atoms in total. The third-order valence-corrected chi connectivity index (χ3v) is 2.43. The van der Waals surface area contributed by atoms with Gasteiger partial charge < -0.3 is 10.6 Å². The van der Waals surface area contributed by atoms with Crippen molar-refractivity contribution < 1.29 is 0 Å². The molecule has 1 rings (SSSR count). The van der Waals surface area contributed by atoms with E-state index in [0.29, 0.717) is 12.1 Å². The summed E-state index contributed by atoms with van der Waals surface area (Å²) < 4.78 is 0. The number of nitrogens with one attached hydrogen (secondary N) is 2. The Balaban J connectivity index is 2.78. The Bertz CT molecular complexity index is 233. The number of rotatable bonds is 4. The molecule has 0 heterocycles. The molecule has 0 saturated carbocycles. The van der Waals surface area contributed by atoms with Gasteiger partial charge in [-0.1, -0.05) is 30.3 Å². The molecule has 1 aromatic carbocycles. The van der Waals surface area contributed by atoms with Crippen LogP contribution in [0.2, 0.25) is 0 Å². The predicted octanol–water partition coefficient (Wildman–Crippen LogP) is 1.55. The van der Waals surface area contributed by atoms with E-state index in [1.54, 1.807) is 0 Å². The molecule has 0 bridgehead atoms. The molecular formula is C11H18N2. The summed E-state index contributed by atoms with van der Waals surface area (Å²) in [6.07, 6.45) is 0. The lowest BCUT2D eigenvalue weighted by Crippen LogP contribution is -2.36. The summed E-state index contributed by atoms with van der Waals surface area (Å²) in [6.45, 7) is 2.17. The Hall–Kier alpha value is -0.860. The maximum Gasteiger partial charge on any atom is 0.0470 e. The molecule has 0 aromatic heterocycles. The van der Waals surface area contributed by atoms with Crippen molar-refractivity contribution in [2.24, 2.45) is 0 Å². The van der Waals surface area contributed by atoms with Crippen LogP contribution >= 0.6 is 0 Å². The molecule has 0 amide bonds. The van der Waals surface area contributed by atoms with Gasteiger partial charge >= 0.3 is 0 Å². The molecular weight excluding hydrogens is 160 g/mol. The van der Waals surface area contributed by atoms with Crippen LogP contribution in [0.15, 0.2) is 30.3 Å². The fourth-order valence-corrected chi connectivity index (χ4v) is 1.53. The summed E-state index contributed by atoms with van der Waals surface area (Å²) in [5, 5.41) is 6.56. The molecule has 0 fully saturated rings. The Morgan fingerprint density at radius 3 is 2.08 bits per heavy atom. The highest BCUT2D eigenvalue weighted by Crippen LogP contribution is 2.15. The van der Waals surface area contributed by atoms with Crippen molar-refractivity contribution >= 4 is 0 Å². The van der Waals surface area contributed by atoms with Crippen molar-refractivity contribution in [3.05, 3.63) is 35.9 Å². The molecule has 2 atom stereocenters. The van der Waals surface area contributed by atoms with E-state index in [-0.39, 0.29) is 0 Å². The van der Waals surface area contributed by atoms with Crippen molar-refractivity contribution in [3.63, 3.8) is 0 Å². The van der Waals surface area contributed by atoms with Gasteiger partial charge in [0.25, 0.3) is 0 Å². The van der Waals surface area contributed by atoms with Gasteiger partial charge in [0.05, 0.1) is 0 Å². The molecule has 2 heteroatoms. The Morgan fingerprint density at radius 2 is 1.62 bits per heavy atom. The van der Waals surface area contributed by atoms with Crippen LogP contribution in [-0.4, -0.2) is 20.1 Å². The van der Waals surface area contributed by atoms with E-state index in [4.69, 9.17) is 0 Å². The van der Waals surface area contributed by atoms with E-state index in [1.807, 2.05) is 20.2 Å². The predicted molar refractivity (Wildman–Crippen MR) is 56.8 cm³/mol. The zero-order chi connectivity index (χ0) is 9.68. The fourth-order valence-electron chi connectivity index (χ4n) is 1.53. The molecule has 0 aliphatic rings. The third kappa shape index (κ3) is 2.54. The molecule has 0 aliphatic carbocycles. The molecule has 2 unspecified atom stereocenters. The van der Waals surface area contributed by atoms with Crippen LogP contribution in [0.3, 0.4) is 0 Å². The van der Waals surface area contributed by atoms with Gasteiger partial charge in [-0.25, -0.2) is 0 Å². The van der Waals surface area contributed by atoms with Gasteiger partial charge in [0.1, 0.15) is 0 Å². The van der Waals surface area contributed by atoms with Crippen molar-refractivity contribution in [1.82, 2.24) is 10.6 Å².